The Bertz CT molecular complexity index is 1300. The Morgan fingerprint density at radius 1 is 1.17 bits per heavy atom. The first-order chi connectivity index (χ1) is 17.4. The number of methoxy groups -OCH3 is 1. The van der Waals surface area contributed by atoms with Crippen LogP contribution in [0.3, 0.4) is 0 Å². The molecular weight excluding hydrogens is 456 g/mol. The highest BCUT2D eigenvalue weighted by atomic mass is 16.5. The van der Waals surface area contributed by atoms with Crippen molar-refractivity contribution in [3.63, 3.8) is 0 Å². The number of anilines is 1. The third-order valence-corrected chi connectivity index (χ3v) is 7.13. The minimum absolute atomic E-state index is 0.125. The van der Waals surface area contributed by atoms with Gasteiger partial charge in [0, 0.05) is 41.2 Å². The first kappa shape index (κ1) is 23.9. The van der Waals surface area contributed by atoms with Crippen molar-refractivity contribution in [1.82, 2.24) is 15.2 Å². The van der Waals surface area contributed by atoms with Crippen molar-refractivity contribution in [3.8, 4) is 5.75 Å². The molecule has 3 aromatic rings. The molecular formula is C28H32N4O4. The quantitative estimate of drug-likeness (QED) is 0.469. The minimum Gasteiger partial charge on any atom is -0.497 e. The van der Waals surface area contributed by atoms with Crippen LogP contribution in [0.2, 0.25) is 0 Å². The second-order valence-electron chi connectivity index (χ2n) is 10.1. The van der Waals surface area contributed by atoms with Gasteiger partial charge in [0.2, 0.25) is 17.7 Å². The summed E-state index contributed by atoms with van der Waals surface area (Å²) in [4.78, 5) is 44.8. The average Bonchev–Trinajstić information content (AvgIpc) is 3.23. The zero-order chi connectivity index (χ0) is 25.4. The standard InChI is InChI=1S/C28H32N4O4/c1-16(2)13-23-26-20(19-10-9-18(36-3)14-22(19)30-26)15-24-27(34)31-21(28(35)32(23)24)11-12-25(33)29-17-7-5-4-6-8-17/h4-10,14,16,21,23-24,30H,11-13,15H2,1-3H3,(H,29,33)(H,31,34)/t21-,23-,24-/m0/s1. The molecule has 8 nitrogen and oxygen atoms in total. The van der Waals surface area contributed by atoms with Crippen LogP contribution >= 0.6 is 0 Å². The van der Waals surface area contributed by atoms with Gasteiger partial charge in [0.15, 0.2) is 0 Å². The van der Waals surface area contributed by atoms with E-state index >= 15 is 0 Å². The summed E-state index contributed by atoms with van der Waals surface area (Å²) in [5, 5.41) is 6.81. The van der Waals surface area contributed by atoms with Crippen LogP contribution in [-0.4, -0.2) is 46.8 Å². The van der Waals surface area contributed by atoms with E-state index in [1.165, 1.54) is 0 Å². The van der Waals surface area contributed by atoms with E-state index in [4.69, 9.17) is 4.74 Å². The van der Waals surface area contributed by atoms with E-state index < -0.39 is 12.1 Å². The Morgan fingerprint density at radius 3 is 2.67 bits per heavy atom. The van der Waals surface area contributed by atoms with Crippen molar-refractivity contribution < 1.29 is 19.1 Å². The van der Waals surface area contributed by atoms with Gasteiger partial charge in [-0.05, 0) is 48.6 Å². The fourth-order valence-corrected chi connectivity index (χ4v) is 5.46. The highest BCUT2D eigenvalue weighted by Crippen LogP contribution is 2.42. The molecule has 1 fully saturated rings. The molecule has 5 rings (SSSR count). The van der Waals surface area contributed by atoms with E-state index in [-0.39, 0.29) is 36.6 Å². The molecule has 8 heteroatoms. The van der Waals surface area contributed by atoms with Crippen LogP contribution in [0.4, 0.5) is 5.69 Å². The number of aromatic amines is 1. The summed E-state index contributed by atoms with van der Waals surface area (Å²) in [6.07, 6.45) is 1.57. The molecule has 0 aliphatic carbocycles. The van der Waals surface area contributed by atoms with Gasteiger partial charge >= 0.3 is 0 Å². The third-order valence-electron chi connectivity index (χ3n) is 7.13. The fraction of sp³-hybridized carbons (Fsp3) is 0.393. The molecule has 0 saturated carbocycles. The van der Waals surface area contributed by atoms with Crippen LogP contribution in [0.1, 0.15) is 50.4 Å². The van der Waals surface area contributed by atoms with Crippen LogP contribution < -0.4 is 15.4 Å². The van der Waals surface area contributed by atoms with E-state index in [0.717, 1.165) is 34.3 Å². The van der Waals surface area contributed by atoms with Crippen LogP contribution in [0.15, 0.2) is 48.5 Å². The van der Waals surface area contributed by atoms with Gasteiger partial charge in [-0.15, -0.1) is 0 Å². The highest BCUT2D eigenvalue weighted by Gasteiger charge is 2.48. The molecule has 1 aromatic heterocycles. The number of H-pyrrole nitrogens is 1. The van der Waals surface area contributed by atoms with Gasteiger partial charge in [0.25, 0.3) is 0 Å². The van der Waals surface area contributed by atoms with Gasteiger partial charge in [0.1, 0.15) is 17.8 Å². The van der Waals surface area contributed by atoms with Gasteiger partial charge in [-0.25, -0.2) is 0 Å². The number of ether oxygens (including phenoxy) is 1. The number of piperazine rings is 1. The van der Waals surface area contributed by atoms with Gasteiger partial charge in [-0.1, -0.05) is 32.0 Å². The molecule has 2 aliphatic rings. The van der Waals surface area contributed by atoms with Crippen LogP contribution in [0, 0.1) is 5.92 Å². The lowest BCUT2D eigenvalue weighted by atomic mass is 9.85. The number of nitrogens with zero attached hydrogens (tertiary/aromatic N) is 1. The van der Waals surface area contributed by atoms with Crippen LogP contribution in [0.5, 0.6) is 5.75 Å². The topological polar surface area (TPSA) is 104 Å². The zero-order valence-corrected chi connectivity index (χ0v) is 20.8. The van der Waals surface area contributed by atoms with E-state index in [1.54, 1.807) is 12.0 Å². The number of carbonyl (C=O) groups excluding carboxylic acids is 3. The number of benzene rings is 2. The molecule has 0 spiro atoms. The van der Waals surface area contributed by atoms with Crippen molar-refractivity contribution in [2.45, 2.75) is 57.7 Å². The predicted molar refractivity (Wildman–Crippen MR) is 138 cm³/mol. The first-order valence-electron chi connectivity index (χ1n) is 12.5. The number of para-hydroxylation sites is 1. The molecule has 3 heterocycles. The first-order valence-corrected chi connectivity index (χ1v) is 12.5. The maximum absolute atomic E-state index is 13.7. The molecule has 0 unspecified atom stereocenters. The van der Waals surface area contributed by atoms with Crippen LogP contribution in [-0.2, 0) is 20.8 Å². The normalized spacial score (nSPS) is 21.2. The lowest BCUT2D eigenvalue weighted by molar-refractivity contribution is -0.154. The molecule has 0 bridgehead atoms. The lowest BCUT2D eigenvalue weighted by Gasteiger charge is -2.46. The Morgan fingerprint density at radius 2 is 1.94 bits per heavy atom. The molecule has 3 amide bonds. The van der Waals surface area contributed by atoms with Crippen molar-refractivity contribution in [3.05, 3.63) is 59.8 Å². The fourth-order valence-electron chi connectivity index (χ4n) is 5.46. The predicted octanol–water partition coefficient (Wildman–Crippen LogP) is 3.93. The third kappa shape index (κ3) is 4.43. The number of hydrogen-bond donors (Lipinski definition) is 3. The van der Waals surface area contributed by atoms with Gasteiger partial charge in [0.05, 0.1) is 13.2 Å². The number of hydrogen-bond acceptors (Lipinski definition) is 4. The molecule has 1 saturated heterocycles. The largest absolute Gasteiger partial charge is 0.497 e. The van der Waals surface area contributed by atoms with Crippen molar-refractivity contribution in [1.29, 1.82) is 0 Å². The van der Waals surface area contributed by atoms with Crippen molar-refractivity contribution >= 4 is 34.3 Å². The summed E-state index contributed by atoms with van der Waals surface area (Å²) in [7, 11) is 1.63. The summed E-state index contributed by atoms with van der Waals surface area (Å²) in [6, 6.07) is 13.6. The van der Waals surface area contributed by atoms with Crippen molar-refractivity contribution in [2.75, 3.05) is 12.4 Å². The molecule has 2 aromatic carbocycles. The second-order valence-corrected chi connectivity index (χ2v) is 10.1. The summed E-state index contributed by atoms with van der Waals surface area (Å²) >= 11 is 0. The molecule has 36 heavy (non-hydrogen) atoms. The van der Waals surface area contributed by atoms with Crippen molar-refractivity contribution in [2.24, 2.45) is 5.92 Å². The molecule has 0 radical (unpaired) electrons. The monoisotopic (exact) mass is 488 g/mol. The Labute approximate surface area is 210 Å². The van der Waals surface area contributed by atoms with E-state index in [1.807, 2.05) is 48.5 Å². The maximum Gasteiger partial charge on any atom is 0.246 e. The summed E-state index contributed by atoms with van der Waals surface area (Å²) in [5.74, 6) is 0.594. The second kappa shape index (κ2) is 9.68. The highest BCUT2D eigenvalue weighted by molar-refractivity contribution is 5.99. The Kier molecular flexibility index (Phi) is 6.43. The Balaban J connectivity index is 1.40. The number of carbonyl (C=O) groups is 3. The SMILES string of the molecule is COc1ccc2c3c([nH]c2c1)[C@H](CC(C)C)N1C(=O)[C@H](CCC(=O)Nc2ccccc2)NC(=O)[C@@H]1C3. The Hall–Kier alpha value is -3.81. The number of rotatable bonds is 7. The minimum atomic E-state index is -0.726. The number of aromatic nitrogens is 1. The summed E-state index contributed by atoms with van der Waals surface area (Å²) in [5.41, 5.74) is 3.72. The van der Waals surface area contributed by atoms with E-state index in [2.05, 4.69) is 29.5 Å². The molecule has 188 valence electrons. The summed E-state index contributed by atoms with van der Waals surface area (Å²) < 4.78 is 5.39. The average molecular weight is 489 g/mol. The molecule has 2 aliphatic heterocycles. The van der Waals surface area contributed by atoms with Gasteiger partial charge in [-0.2, -0.15) is 0 Å². The summed E-state index contributed by atoms with van der Waals surface area (Å²) in [6.45, 7) is 4.24. The van der Waals surface area contributed by atoms with E-state index in [9.17, 15) is 14.4 Å². The van der Waals surface area contributed by atoms with Gasteiger partial charge < -0.3 is 25.3 Å². The van der Waals surface area contributed by atoms with Gasteiger partial charge in [-0.3, -0.25) is 14.4 Å². The smallest absolute Gasteiger partial charge is 0.246 e. The number of fused-ring (bicyclic) bond motifs is 4. The maximum atomic E-state index is 13.7. The lowest BCUT2D eigenvalue weighted by Crippen LogP contribution is -2.66. The number of nitrogens with one attached hydrogen (secondary N) is 3. The number of amides is 3. The van der Waals surface area contributed by atoms with E-state index in [0.29, 0.717) is 18.0 Å². The van der Waals surface area contributed by atoms with Crippen LogP contribution in [0.25, 0.3) is 10.9 Å². The molecule has 3 atom stereocenters. The zero-order valence-electron chi connectivity index (χ0n) is 20.8. The molecule has 3 N–H and O–H groups in total.